The molecule has 2 aromatic rings. The van der Waals surface area contributed by atoms with E-state index in [-0.39, 0.29) is 11.8 Å². The number of hydrogen-bond acceptors (Lipinski definition) is 3. The van der Waals surface area contributed by atoms with E-state index in [1.54, 1.807) is 44.5 Å². The normalized spacial score (nSPS) is 10.0. The molecule has 2 N–H and O–H groups in total. The maximum absolute atomic E-state index is 12.4. The van der Waals surface area contributed by atoms with E-state index in [1.165, 1.54) is 0 Å². The zero-order valence-electron chi connectivity index (χ0n) is 12.9. The SMILES string of the molecule is CNC(=O)Cc1ccc(NC(=O)c2cc(OC)ccc2Br)cc1. The van der Waals surface area contributed by atoms with E-state index < -0.39 is 0 Å². The Hall–Kier alpha value is -2.34. The second kappa shape index (κ2) is 7.78. The van der Waals surface area contributed by atoms with Crippen LogP contribution >= 0.6 is 15.9 Å². The number of amides is 2. The van der Waals surface area contributed by atoms with Crippen LogP contribution in [0.1, 0.15) is 15.9 Å². The summed E-state index contributed by atoms with van der Waals surface area (Å²) in [5, 5.41) is 5.39. The lowest BCUT2D eigenvalue weighted by Gasteiger charge is -2.09. The minimum Gasteiger partial charge on any atom is -0.497 e. The van der Waals surface area contributed by atoms with E-state index in [9.17, 15) is 9.59 Å². The molecule has 0 radical (unpaired) electrons. The first-order valence-corrected chi connectivity index (χ1v) is 7.77. The van der Waals surface area contributed by atoms with Gasteiger partial charge in [0.25, 0.3) is 5.91 Å². The van der Waals surface area contributed by atoms with Gasteiger partial charge in [0.05, 0.1) is 19.1 Å². The number of nitrogens with one attached hydrogen (secondary N) is 2. The summed E-state index contributed by atoms with van der Waals surface area (Å²) < 4.78 is 5.82. The highest BCUT2D eigenvalue weighted by Gasteiger charge is 2.12. The maximum Gasteiger partial charge on any atom is 0.256 e. The van der Waals surface area contributed by atoms with Crippen molar-refractivity contribution in [2.75, 3.05) is 19.5 Å². The Bertz CT molecular complexity index is 714. The fourth-order valence-electron chi connectivity index (χ4n) is 1.98. The average molecular weight is 377 g/mol. The zero-order chi connectivity index (χ0) is 16.8. The standard InChI is InChI=1S/C17H17BrN2O3/c1-19-16(21)9-11-3-5-12(6-4-11)20-17(22)14-10-13(23-2)7-8-15(14)18/h3-8,10H,9H2,1-2H3,(H,19,21)(H,20,22). The van der Waals surface area contributed by atoms with Gasteiger partial charge in [-0.1, -0.05) is 12.1 Å². The van der Waals surface area contributed by atoms with E-state index in [0.717, 1.165) is 5.56 Å². The molecule has 120 valence electrons. The lowest BCUT2D eigenvalue weighted by molar-refractivity contribution is -0.119. The summed E-state index contributed by atoms with van der Waals surface area (Å²) in [6, 6.07) is 12.4. The molecule has 6 heteroatoms. The van der Waals surface area contributed by atoms with Crippen LogP contribution in [0.4, 0.5) is 5.69 Å². The van der Waals surface area contributed by atoms with Gasteiger partial charge in [-0.25, -0.2) is 0 Å². The van der Waals surface area contributed by atoms with Crippen LogP contribution in [0.2, 0.25) is 0 Å². The Labute approximate surface area is 143 Å². The van der Waals surface area contributed by atoms with Crippen LogP contribution in [0.25, 0.3) is 0 Å². The molecule has 2 aromatic carbocycles. The highest BCUT2D eigenvalue weighted by molar-refractivity contribution is 9.10. The minimum absolute atomic E-state index is 0.0536. The molecule has 0 bridgehead atoms. The number of anilines is 1. The second-order valence-corrected chi connectivity index (χ2v) is 5.70. The highest BCUT2D eigenvalue weighted by Crippen LogP contribution is 2.23. The van der Waals surface area contributed by atoms with Crippen molar-refractivity contribution in [3.8, 4) is 5.75 Å². The Morgan fingerprint density at radius 1 is 1.13 bits per heavy atom. The average Bonchev–Trinajstić information content (AvgIpc) is 2.56. The van der Waals surface area contributed by atoms with Crippen molar-refractivity contribution >= 4 is 33.4 Å². The van der Waals surface area contributed by atoms with Crippen molar-refractivity contribution in [3.63, 3.8) is 0 Å². The summed E-state index contributed by atoms with van der Waals surface area (Å²) in [6.07, 6.45) is 0.312. The summed E-state index contributed by atoms with van der Waals surface area (Å²) in [5.74, 6) is 0.316. The van der Waals surface area contributed by atoms with Crippen molar-refractivity contribution in [1.29, 1.82) is 0 Å². The van der Waals surface area contributed by atoms with Crippen LogP contribution in [-0.2, 0) is 11.2 Å². The lowest BCUT2D eigenvalue weighted by Crippen LogP contribution is -2.19. The van der Waals surface area contributed by atoms with Crippen LogP contribution in [0.15, 0.2) is 46.9 Å². The van der Waals surface area contributed by atoms with Crippen LogP contribution in [0.3, 0.4) is 0 Å². The number of methoxy groups -OCH3 is 1. The lowest BCUT2D eigenvalue weighted by atomic mass is 10.1. The predicted octanol–water partition coefficient (Wildman–Crippen LogP) is 3.00. The highest BCUT2D eigenvalue weighted by atomic mass is 79.9. The summed E-state index contributed by atoms with van der Waals surface area (Å²) >= 11 is 3.36. The molecule has 0 spiro atoms. The molecule has 0 heterocycles. The largest absolute Gasteiger partial charge is 0.497 e. The van der Waals surface area contributed by atoms with Crippen molar-refractivity contribution in [3.05, 3.63) is 58.1 Å². The number of hydrogen-bond donors (Lipinski definition) is 2. The van der Waals surface area contributed by atoms with Crippen molar-refractivity contribution in [2.24, 2.45) is 0 Å². The molecule has 0 fully saturated rings. The number of halogens is 1. The van der Waals surface area contributed by atoms with Crippen molar-refractivity contribution in [2.45, 2.75) is 6.42 Å². The first-order chi connectivity index (χ1) is 11.0. The van der Waals surface area contributed by atoms with E-state index in [2.05, 4.69) is 26.6 Å². The summed E-state index contributed by atoms with van der Waals surface area (Å²) in [7, 11) is 3.15. The predicted molar refractivity (Wildman–Crippen MR) is 92.9 cm³/mol. The summed E-state index contributed by atoms with van der Waals surface area (Å²) in [5.41, 5.74) is 2.02. The number of rotatable bonds is 5. The van der Waals surface area contributed by atoms with E-state index >= 15 is 0 Å². The maximum atomic E-state index is 12.4. The van der Waals surface area contributed by atoms with Gasteiger partial charge in [-0.2, -0.15) is 0 Å². The van der Waals surface area contributed by atoms with Gasteiger partial charge in [-0.15, -0.1) is 0 Å². The Balaban J connectivity index is 2.10. The second-order valence-electron chi connectivity index (χ2n) is 4.85. The van der Waals surface area contributed by atoms with Gasteiger partial charge in [0, 0.05) is 17.2 Å². The first-order valence-electron chi connectivity index (χ1n) is 6.98. The van der Waals surface area contributed by atoms with Crippen molar-refractivity contribution < 1.29 is 14.3 Å². The van der Waals surface area contributed by atoms with Gasteiger partial charge in [0.15, 0.2) is 0 Å². The van der Waals surface area contributed by atoms with E-state index in [0.29, 0.717) is 27.9 Å². The molecule has 0 aromatic heterocycles. The van der Waals surface area contributed by atoms with Crippen LogP contribution in [0.5, 0.6) is 5.75 Å². The topological polar surface area (TPSA) is 67.4 Å². The third kappa shape index (κ3) is 4.56. The fraction of sp³-hybridized carbons (Fsp3) is 0.176. The smallest absolute Gasteiger partial charge is 0.256 e. The van der Waals surface area contributed by atoms with E-state index in [4.69, 9.17) is 4.74 Å². The molecule has 23 heavy (non-hydrogen) atoms. The number of carbonyl (C=O) groups is 2. The Kier molecular flexibility index (Phi) is 5.76. The van der Waals surface area contributed by atoms with Gasteiger partial charge >= 0.3 is 0 Å². The molecular weight excluding hydrogens is 360 g/mol. The monoisotopic (exact) mass is 376 g/mol. The van der Waals surface area contributed by atoms with Gasteiger partial charge in [0.2, 0.25) is 5.91 Å². The molecule has 0 aliphatic carbocycles. The van der Waals surface area contributed by atoms with Gasteiger partial charge in [-0.05, 0) is 51.8 Å². The molecule has 2 amide bonds. The molecular formula is C17H17BrN2O3. The minimum atomic E-state index is -0.241. The number of ether oxygens (including phenoxy) is 1. The van der Waals surface area contributed by atoms with Crippen molar-refractivity contribution in [1.82, 2.24) is 5.32 Å². The molecule has 5 nitrogen and oxygen atoms in total. The molecule has 0 saturated carbocycles. The van der Waals surface area contributed by atoms with Crippen LogP contribution in [-0.4, -0.2) is 26.0 Å². The fourth-order valence-corrected chi connectivity index (χ4v) is 2.41. The zero-order valence-corrected chi connectivity index (χ0v) is 14.4. The molecule has 0 atom stereocenters. The van der Waals surface area contributed by atoms with Gasteiger partial charge in [0.1, 0.15) is 5.75 Å². The first kappa shape index (κ1) is 17.0. The summed E-state index contributed by atoms with van der Waals surface area (Å²) in [6.45, 7) is 0. The number of likely N-dealkylation sites (N-methyl/N-ethyl adjacent to an activating group) is 1. The molecule has 0 aliphatic rings. The Morgan fingerprint density at radius 3 is 2.43 bits per heavy atom. The van der Waals surface area contributed by atoms with E-state index in [1.807, 2.05) is 12.1 Å². The molecule has 0 saturated heterocycles. The summed E-state index contributed by atoms with van der Waals surface area (Å²) in [4.78, 5) is 23.7. The molecule has 2 rings (SSSR count). The van der Waals surface area contributed by atoms with Gasteiger partial charge < -0.3 is 15.4 Å². The van der Waals surface area contributed by atoms with Gasteiger partial charge in [-0.3, -0.25) is 9.59 Å². The Morgan fingerprint density at radius 2 is 1.83 bits per heavy atom. The molecule has 0 aliphatic heterocycles. The number of carbonyl (C=O) groups excluding carboxylic acids is 2. The van der Waals surface area contributed by atoms with Crippen LogP contribution < -0.4 is 15.4 Å². The van der Waals surface area contributed by atoms with Crippen LogP contribution in [0, 0.1) is 0 Å². The quantitative estimate of drug-likeness (QED) is 0.842. The number of benzene rings is 2. The third-order valence-electron chi connectivity index (χ3n) is 3.27. The molecule has 0 unspecified atom stereocenters. The third-order valence-corrected chi connectivity index (χ3v) is 3.96.